The summed E-state index contributed by atoms with van der Waals surface area (Å²) in [4.78, 5) is 11.1. The molecular weight excluding hydrogens is 166 g/mol. The fourth-order valence-electron chi connectivity index (χ4n) is 1.94. The van der Waals surface area contributed by atoms with Crippen molar-refractivity contribution >= 4 is 5.97 Å². The normalized spacial score (nSPS) is 28.4. The molecule has 1 aliphatic rings. The van der Waals surface area contributed by atoms with Crippen LogP contribution in [-0.4, -0.2) is 13.1 Å². The molecule has 1 rings (SSSR count). The number of hydrogen-bond acceptors (Lipinski definition) is 3. The Morgan fingerprint density at radius 3 is 2.69 bits per heavy atom. The van der Waals surface area contributed by atoms with Crippen LogP contribution in [-0.2, 0) is 9.53 Å². The van der Waals surface area contributed by atoms with Crippen LogP contribution in [0.1, 0.15) is 26.2 Å². The van der Waals surface area contributed by atoms with E-state index < -0.39 is 5.92 Å². The Morgan fingerprint density at radius 1 is 1.69 bits per heavy atom. The maximum Gasteiger partial charge on any atom is 0.323 e. The summed E-state index contributed by atoms with van der Waals surface area (Å²) in [6.45, 7) is 2.19. The van der Waals surface area contributed by atoms with E-state index in [0.717, 1.165) is 18.8 Å². The van der Waals surface area contributed by atoms with Gasteiger partial charge in [-0.1, -0.05) is 6.92 Å². The lowest BCUT2D eigenvalue weighted by molar-refractivity contribution is -0.144. The minimum atomic E-state index is -0.553. The second kappa shape index (κ2) is 4.27. The quantitative estimate of drug-likeness (QED) is 0.623. The number of esters is 1. The third-order valence-corrected chi connectivity index (χ3v) is 2.68. The molecule has 0 heterocycles. The van der Waals surface area contributed by atoms with Crippen LogP contribution >= 0.6 is 0 Å². The molecule has 1 atom stereocenters. The molecule has 0 aliphatic heterocycles. The molecule has 0 aromatic rings. The minimum Gasteiger partial charge on any atom is -0.468 e. The zero-order chi connectivity index (χ0) is 9.84. The fraction of sp³-hybridized carbons (Fsp3) is 0.800. The van der Waals surface area contributed by atoms with Gasteiger partial charge in [-0.25, -0.2) is 0 Å². The Bertz CT molecular complexity index is 226. The molecule has 3 heteroatoms. The Morgan fingerprint density at radius 2 is 2.31 bits per heavy atom. The fourth-order valence-corrected chi connectivity index (χ4v) is 1.94. The summed E-state index contributed by atoms with van der Waals surface area (Å²) in [6, 6.07) is 1.99. The number of rotatable bonds is 3. The topological polar surface area (TPSA) is 50.1 Å². The smallest absolute Gasteiger partial charge is 0.323 e. The Balaban J connectivity index is 2.33. The van der Waals surface area contributed by atoms with Gasteiger partial charge in [0.25, 0.3) is 0 Å². The second-order valence-electron chi connectivity index (χ2n) is 3.88. The van der Waals surface area contributed by atoms with Crippen LogP contribution in [0.15, 0.2) is 0 Å². The van der Waals surface area contributed by atoms with Gasteiger partial charge in [0, 0.05) is 0 Å². The molecule has 0 saturated heterocycles. The highest BCUT2D eigenvalue weighted by molar-refractivity contribution is 5.74. The van der Waals surface area contributed by atoms with Crippen LogP contribution in [0.2, 0.25) is 0 Å². The molecule has 0 N–H and O–H groups in total. The molecule has 3 nitrogen and oxygen atoms in total. The zero-order valence-electron chi connectivity index (χ0n) is 8.12. The average Bonchev–Trinajstić information content (AvgIpc) is 2.09. The monoisotopic (exact) mass is 181 g/mol. The van der Waals surface area contributed by atoms with E-state index in [9.17, 15) is 4.79 Å². The van der Waals surface area contributed by atoms with Crippen LogP contribution < -0.4 is 0 Å². The largest absolute Gasteiger partial charge is 0.468 e. The number of nitrogens with zero attached hydrogens (tertiary/aromatic N) is 1. The number of methoxy groups -OCH3 is 1. The molecular formula is C10H15NO2. The molecule has 0 spiro atoms. The number of nitriles is 1. The van der Waals surface area contributed by atoms with Crippen molar-refractivity contribution in [3.63, 3.8) is 0 Å². The SMILES string of the molecule is COC(=O)C(C#N)CC1CC(C)C1. The average molecular weight is 181 g/mol. The summed E-state index contributed by atoms with van der Waals surface area (Å²) in [7, 11) is 1.33. The van der Waals surface area contributed by atoms with Crippen molar-refractivity contribution in [1.29, 1.82) is 5.26 Å². The molecule has 13 heavy (non-hydrogen) atoms. The molecule has 0 aromatic heterocycles. The van der Waals surface area contributed by atoms with E-state index in [1.807, 2.05) is 6.07 Å². The lowest BCUT2D eigenvalue weighted by Gasteiger charge is -2.33. The highest BCUT2D eigenvalue weighted by atomic mass is 16.5. The van der Waals surface area contributed by atoms with Crippen LogP contribution in [0.5, 0.6) is 0 Å². The van der Waals surface area contributed by atoms with Gasteiger partial charge < -0.3 is 4.74 Å². The molecule has 1 fully saturated rings. The first-order valence-corrected chi connectivity index (χ1v) is 4.64. The molecule has 1 saturated carbocycles. The summed E-state index contributed by atoms with van der Waals surface area (Å²) in [6.07, 6.45) is 2.97. The first kappa shape index (κ1) is 10.0. The van der Waals surface area contributed by atoms with Gasteiger partial charge in [0.15, 0.2) is 0 Å². The van der Waals surface area contributed by atoms with Gasteiger partial charge in [-0.3, -0.25) is 4.79 Å². The second-order valence-corrected chi connectivity index (χ2v) is 3.88. The molecule has 0 aromatic carbocycles. The Hall–Kier alpha value is -1.04. The van der Waals surface area contributed by atoms with E-state index in [0.29, 0.717) is 12.3 Å². The van der Waals surface area contributed by atoms with Crippen LogP contribution in [0.25, 0.3) is 0 Å². The molecule has 1 aliphatic carbocycles. The lowest BCUT2D eigenvalue weighted by atomic mass is 9.72. The lowest BCUT2D eigenvalue weighted by Crippen LogP contribution is -2.26. The Labute approximate surface area is 78.7 Å². The first-order chi connectivity index (χ1) is 6.17. The van der Waals surface area contributed by atoms with Crippen LogP contribution in [0, 0.1) is 29.1 Å². The highest BCUT2D eigenvalue weighted by Gasteiger charge is 2.30. The van der Waals surface area contributed by atoms with Crippen molar-refractivity contribution in [2.75, 3.05) is 7.11 Å². The van der Waals surface area contributed by atoms with E-state index in [2.05, 4.69) is 11.7 Å². The number of carbonyl (C=O) groups is 1. The van der Waals surface area contributed by atoms with Gasteiger partial charge >= 0.3 is 5.97 Å². The summed E-state index contributed by atoms with van der Waals surface area (Å²) in [5, 5.41) is 8.71. The third kappa shape index (κ3) is 2.45. The first-order valence-electron chi connectivity index (χ1n) is 4.64. The van der Waals surface area contributed by atoms with Gasteiger partial charge in [-0.05, 0) is 31.1 Å². The number of hydrogen-bond donors (Lipinski definition) is 0. The van der Waals surface area contributed by atoms with Crippen LogP contribution in [0.4, 0.5) is 0 Å². The minimum absolute atomic E-state index is 0.387. The van der Waals surface area contributed by atoms with Gasteiger partial charge in [0.05, 0.1) is 13.2 Å². The summed E-state index contributed by atoms with van der Waals surface area (Å²) >= 11 is 0. The molecule has 1 unspecified atom stereocenters. The van der Waals surface area contributed by atoms with E-state index in [-0.39, 0.29) is 5.97 Å². The maximum atomic E-state index is 11.1. The van der Waals surface area contributed by atoms with E-state index >= 15 is 0 Å². The predicted octanol–water partition coefficient (Wildman–Crippen LogP) is 1.74. The van der Waals surface area contributed by atoms with E-state index in [4.69, 9.17) is 5.26 Å². The van der Waals surface area contributed by atoms with Crippen molar-refractivity contribution in [2.24, 2.45) is 17.8 Å². The summed E-state index contributed by atoms with van der Waals surface area (Å²) in [5.41, 5.74) is 0. The predicted molar refractivity (Wildman–Crippen MR) is 47.6 cm³/mol. The Kier molecular flexibility index (Phi) is 3.30. The van der Waals surface area contributed by atoms with Gasteiger partial charge in [0.2, 0.25) is 0 Å². The van der Waals surface area contributed by atoms with Gasteiger partial charge in [0.1, 0.15) is 5.92 Å². The van der Waals surface area contributed by atoms with Crippen LogP contribution in [0.3, 0.4) is 0 Å². The summed E-state index contributed by atoms with van der Waals surface area (Å²) < 4.78 is 4.54. The van der Waals surface area contributed by atoms with Crippen molar-refractivity contribution in [2.45, 2.75) is 26.2 Å². The van der Waals surface area contributed by atoms with E-state index in [1.54, 1.807) is 0 Å². The number of carbonyl (C=O) groups excluding carboxylic acids is 1. The van der Waals surface area contributed by atoms with Crippen molar-refractivity contribution in [3.8, 4) is 6.07 Å². The standard InChI is InChI=1S/C10H15NO2/c1-7-3-8(4-7)5-9(6-11)10(12)13-2/h7-9H,3-5H2,1-2H3. The molecule has 0 amide bonds. The van der Waals surface area contributed by atoms with Crippen molar-refractivity contribution < 1.29 is 9.53 Å². The third-order valence-electron chi connectivity index (χ3n) is 2.68. The molecule has 0 radical (unpaired) electrons. The number of ether oxygens (including phenoxy) is 1. The van der Waals surface area contributed by atoms with E-state index in [1.165, 1.54) is 7.11 Å². The maximum absolute atomic E-state index is 11.1. The summed E-state index contributed by atoms with van der Waals surface area (Å²) in [5.74, 6) is 0.380. The van der Waals surface area contributed by atoms with Gasteiger partial charge in [-0.2, -0.15) is 5.26 Å². The zero-order valence-corrected chi connectivity index (χ0v) is 8.12. The highest BCUT2D eigenvalue weighted by Crippen LogP contribution is 2.37. The van der Waals surface area contributed by atoms with Gasteiger partial charge in [-0.15, -0.1) is 0 Å². The molecule has 72 valence electrons. The molecule has 0 bridgehead atoms. The van der Waals surface area contributed by atoms with Crippen molar-refractivity contribution in [1.82, 2.24) is 0 Å². The van der Waals surface area contributed by atoms with Crippen molar-refractivity contribution in [3.05, 3.63) is 0 Å².